The summed E-state index contributed by atoms with van der Waals surface area (Å²) in [4.78, 5) is 36.8. The Kier molecular flexibility index (Phi) is 5.85. The molecule has 0 spiro atoms. The number of rotatable bonds is 6. The number of H-pyrrole nitrogens is 1. The van der Waals surface area contributed by atoms with Gasteiger partial charge in [0, 0.05) is 37.0 Å². The van der Waals surface area contributed by atoms with Gasteiger partial charge in [-0.1, -0.05) is 0 Å². The number of carbonyl (C=O) groups excluding carboxylic acids is 2. The lowest BCUT2D eigenvalue weighted by Crippen LogP contribution is -2.42. The van der Waals surface area contributed by atoms with Crippen molar-refractivity contribution in [1.82, 2.24) is 14.9 Å². The molecule has 4 rings (SSSR count). The molecule has 2 aromatic heterocycles. The molecule has 156 valence electrons. The van der Waals surface area contributed by atoms with E-state index in [9.17, 15) is 9.59 Å². The molecule has 1 unspecified atom stereocenters. The highest BCUT2D eigenvalue weighted by Gasteiger charge is 2.30. The highest BCUT2D eigenvalue weighted by atomic mass is 32.1. The highest BCUT2D eigenvalue weighted by Crippen LogP contribution is 2.31. The van der Waals surface area contributed by atoms with Crippen LogP contribution in [0.2, 0.25) is 0 Å². The number of hydrogen-bond donors (Lipinski definition) is 1. The second-order valence-corrected chi connectivity index (χ2v) is 8.21. The van der Waals surface area contributed by atoms with Gasteiger partial charge in [0.2, 0.25) is 0 Å². The van der Waals surface area contributed by atoms with Crippen LogP contribution in [0.15, 0.2) is 42.7 Å². The summed E-state index contributed by atoms with van der Waals surface area (Å²) in [5.41, 5.74) is 0.572. The molecule has 0 aliphatic carbocycles. The Bertz CT molecular complexity index is 1040. The first-order chi connectivity index (χ1) is 14.6. The number of piperidine rings is 1. The summed E-state index contributed by atoms with van der Waals surface area (Å²) in [6.07, 6.45) is 5.00. The number of imidazole rings is 1. The molecule has 1 amide bonds. The van der Waals surface area contributed by atoms with Crippen LogP contribution < -0.4 is 9.47 Å². The van der Waals surface area contributed by atoms with Gasteiger partial charge in [-0.25, -0.2) is 4.98 Å². The number of ketones is 1. The van der Waals surface area contributed by atoms with E-state index in [0.717, 1.165) is 23.5 Å². The van der Waals surface area contributed by atoms with E-state index in [1.165, 1.54) is 11.3 Å². The first-order valence-corrected chi connectivity index (χ1v) is 10.6. The van der Waals surface area contributed by atoms with E-state index in [-0.39, 0.29) is 17.6 Å². The van der Waals surface area contributed by atoms with Gasteiger partial charge in [-0.3, -0.25) is 9.59 Å². The minimum Gasteiger partial charge on any atom is -0.493 e. The van der Waals surface area contributed by atoms with Gasteiger partial charge in [0.15, 0.2) is 17.3 Å². The van der Waals surface area contributed by atoms with E-state index < -0.39 is 0 Å². The van der Waals surface area contributed by atoms with Gasteiger partial charge >= 0.3 is 0 Å². The van der Waals surface area contributed by atoms with Crippen LogP contribution in [0.4, 0.5) is 0 Å². The van der Waals surface area contributed by atoms with E-state index in [0.29, 0.717) is 35.0 Å². The maximum atomic E-state index is 13.1. The molecule has 1 aliphatic rings. The number of likely N-dealkylation sites (tertiary alicyclic amines) is 1. The lowest BCUT2D eigenvalue weighted by atomic mass is 9.89. The monoisotopic (exact) mass is 425 g/mol. The van der Waals surface area contributed by atoms with Crippen molar-refractivity contribution in [3.05, 3.63) is 53.2 Å². The maximum absolute atomic E-state index is 13.1. The molecular formula is C22H23N3O4S. The standard InChI is InChI=1S/C22H23N3O4S/c1-28-16-6-5-14(12-17(16)29-2)20(26)15-4-3-11-25(13-15)22(27)19-8-7-18(30-19)21-23-9-10-24-21/h5-10,12,15H,3-4,11,13H2,1-2H3,(H,23,24). The minimum absolute atomic E-state index is 0.0240. The number of hydrogen-bond acceptors (Lipinski definition) is 6. The number of benzene rings is 1. The number of Topliss-reactive ketones (excluding diaryl/α,β-unsaturated/α-hetero) is 1. The van der Waals surface area contributed by atoms with Crippen LogP contribution in [0, 0.1) is 5.92 Å². The maximum Gasteiger partial charge on any atom is 0.263 e. The first-order valence-electron chi connectivity index (χ1n) is 9.76. The zero-order valence-corrected chi connectivity index (χ0v) is 17.7. The smallest absolute Gasteiger partial charge is 0.263 e. The van der Waals surface area contributed by atoms with E-state index in [2.05, 4.69) is 9.97 Å². The molecule has 1 saturated heterocycles. The summed E-state index contributed by atoms with van der Waals surface area (Å²) >= 11 is 1.41. The van der Waals surface area contributed by atoms with Crippen molar-refractivity contribution in [1.29, 1.82) is 0 Å². The molecular weight excluding hydrogens is 402 g/mol. The quantitative estimate of drug-likeness (QED) is 0.606. The molecule has 0 radical (unpaired) electrons. The molecule has 30 heavy (non-hydrogen) atoms. The van der Waals surface area contributed by atoms with E-state index in [1.54, 1.807) is 49.7 Å². The third-order valence-electron chi connectivity index (χ3n) is 5.30. The van der Waals surface area contributed by atoms with Crippen molar-refractivity contribution in [2.24, 2.45) is 5.92 Å². The number of ether oxygens (including phenoxy) is 2. The molecule has 7 nitrogen and oxygen atoms in total. The van der Waals surface area contributed by atoms with Gasteiger partial charge in [0.1, 0.15) is 5.82 Å². The number of methoxy groups -OCH3 is 2. The number of nitrogens with one attached hydrogen (secondary N) is 1. The van der Waals surface area contributed by atoms with E-state index in [4.69, 9.17) is 9.47 Å². The van der Waals surface area contributed by atoms with Crippen molar-refractivity contribution in [3.63, 3.8) is 0 Å². The van der Waals surface area contributed by atoms with Gasteiger partial charge in [0.25, 0.3) is 5.91 Å². The summed E-state index contributed by atoms with van der Waals surface area (Å²) in [5, 5.41) is 0. The van der Waals surface area contributed by atoms with Crippen LogP contribution in [0.25, 0.3) is 10.7 Å². The Balaban J connectivity index is 1.48. The molecule has 1 aliphatic heterocycles. The Morgan fingerprint density at radius 3 is 2.73 bits per heavy atom. The molecule has 0 saturated carbocycles. The number of thiophene rings is 1. The molecule has 8 heteroatoms. The number of nitrogens with zero attached hydrogens (tertiary/aromatic N) is 2. The first kappa shape index (κ1) is 20.2. The number of aromatic nitrogens is 2. The Morgan fingerprint density at radius 1 is 1.17 bits per heavy atom. The van der Waals surface area contributed by atoms with Crippen LogP contribution in [0.1, 0.15) is 32.9 Å². The summed E-state index contributed by atoms with van der Waals surface area (Å²) in [5.74, 6) is 1.61. The summed E-state index contributed by atoms with van der Waals surface area (Å²) < 4.78 is 10.6. The fourth-order valence-corrected chi connectivity index (χ4v) is 4.67. The Hall–Kier alpha value is -3.13. The topological polar surface area (TPSA) is 84.5 Å². The highest BCUT2D eigenvalue weighted by molar-refractivity contribution is 7.17. The predicted molar refractivity (Wildman–Crippen MR) is 114 cm³/mol. The molecule has 1 N–H and O–H groups in total. The second-order valence-electron chi connectivity index (χ2n) is 7.13. The van der Waals surface area contributed by atoms with Crippen LogP contribution in [0.3, 0.4) is 0 Å². The van der Waals surface area contributed by atoms with Gasteiger partial charge in [-0.05, 0) is 43.2 Å². The SMILES string of the molecule is COc1ccc(C(=O)C2CCCN(C(=O)c3ccc(-c4ncc[nH]4)s3)C2)cc1OC. The van der Waals surface area contributed by atoms with Crippen molar-refractivity contribution < 1.29 is 19.1 Å². The zero-order chi connectivity index (χ0) is 21.1. The molecule has 3 aromatic rings. The Labute approximate surface area is 178 Å². The molecule has 1 aromatic carbocycles. The third kappa shape index (κ3) is 3.95. The average Bonchev–Trinajstić information content (AvgIpc) is 3.49. The van der Waals surface area contributed by atoms with Gasteiger partial charge in [-0.15, -0.1) is 11.3 Å². The van der Waals surface area contributed by atoms with Gasteiger partial charge < -0.3 is 19.4 Å². The number of aromatic amines is 1. The van der Waals surface area contributed by atoms with Crippen LogP contribution in [-0.4, -0.2) is 53.9 Å². The third-order valence-corrected chi connectivity index (χ3v) is 6.38. The van der Waals surface area contributed by atoms with Crippen LogP contribution >= 0.6 is 11.3 Å². The Morgan fingerprint density at radius 2 is 2.00 bits per heavy atom. The lowest BCUT2D eigenvalue weighted by Gasteiger charge is -2.31. The summed E-state index contributed by atoms with van der Waals surface area (Å²) in [7, 11) is 3.11. The summed E-state index contributed by atoms with van der Waals surface area (Å²) in [6.45, 7) is 1.07. The van der Waals surface area contributed by atoms with Crippen molar-refractivity contribution in [2.75, 3.05) is 27.3 Å². The molecule has 3 heterocycles. The lowest BCUT2D eigenvalue weighted by molar-refractivity contribution is 0.0641. The number of amides is 1. The van der Waals surface area contributed by atoms with Crippen molar-refractivity contribution in [3.8, 4) is 22.2 Å². The molecule has 1 fully saturated rings. The molecule has 0 bridgehead atoms. The fraction of sp³-hybridized carbons (Fsp3) is 0.318. The summed E-state index contributed by atoms with van der Waals surface area (Å²) in [6, 6.07) is 8.91. The van der Waals surface area contributed by atoms with Gasteiger partial charge in [0.05, 0.1) is 24.0 Å². The van der Waals surface area contributed by atoms with Crippen LogP contribution in [0.5, 0.6) is 11.5 Å². The fourth-order valence-electron chi connectivity index (χ4n) is 3.74. The normalized spacial score (nSPS) is 16.3. The average molecular weight is 426 g/mol. The minimum atomic E-state index is -0.231. The van der Waals surface area contributed by atoms with E-state index >= 15 is 0 Å². The van der Waals surface area contributed by atoms with Crippen LogP contribution in [-0.2, 0) is 0 Å². The van der Waals surface area contributed by atoms with Crippen molar-refractivity contribution in [2.45, 2.75) is 12.8 Å². The molecule has 1 atom stereocenters. The second kappa shape index (κ2) is 8.71. The zero-order valence-electron chi connectivity index (χ0n) is 16.9. The van der Waals surface area contributed by atoms with Gasteiger partial charge in [-0.2, -0.15) is 0 Å². The largest absolute Gasteiger partial charge is 0.493 e. The number of carbonyl (C=O) groups is 2. The van der Waals surface area contributed by atoms with E-state index in [1.807, 2.05) is 12.1 Å². The predicted octanol–water partition coefficient (Wildman–Crippen LogP) is 3.89. The van der Waals surface area contributed by atoms with Crippen molar-refractivity contribution >= 4 is 23.0 Å².